The van der Waals surface area contributed by atoms with E-state index in [2.05, 4.69) is 10.5 Å². The fraction of sp³-hybridized carbons (Fsp3) is 0.231. The highest BCUT2D eigenvalue weighted by molar-refractivity contribution is 6.05. The molecular formula is C26H26N2O6. The molecule has 0 atom stereocenters. The highest BCUT2D eigenvalue weighted by atomic mass is 16.5. The molecule has 2 aromatic carbocycles. The van der Waals surface area contributed by atoms with Gasteiger partial charge in [-0.3, -0.25) is 4.79 Å². The molecule has 0 unspecified atom stereocenters. The average molecular weight is 463 g/mol. The fourth-order valence-corrected chi connectivity index (χ4v) is 3.97. The van der Waals surface area contributed by atoms with Crippen molar-refractivity contribution in [1.82, 2.24) is 5.16 Å². The summed E-state index contributed by atoms with van der Waals surface area (Å²) in [5, 5.41) is 7.36. The van der Waals surface area contributed by atoms with Crippen LogP contribution in [0.15, 0.2) is 51.6 Å². The van der Waals surface area contributed by atoms with E-state index >= 15 is 0 Å². The number of nitrogens with one attached hydrogen (secondary N) is 1. The van der Waals surface area contributed by atoms with Crippen LogP contribution in [0.25, 0.3) is 27.7 Å². The third-order valence-electron chi connectivity index (χ3n) is 5.60. The molecule has 0 saturated carbocycles. The van der Waals surface area contributed by atoms with Crippen molar-refractivity contribution in [1.29, 1.82) is 0 Å². The van der Waals surface area contributed by atoms with Gasteiger partial charge < -0.3 is 28.5 Å². The fourth-order valence-electron chi connectivity index (χ4n) is 3.97. The number of benzene rings is 2. The van der Waals surface area contributed by atoms with Gasteiger partial charge in [0.15, 0.2) is 5.82 Å². The molecule has 1 amide bonds. The first kappa shape index (κ1) is 23.0. The zero-order valence-electron chi connectivity index (χ0n) is 19.9. The molecule has 0 fully saturated rings. The summed E-state index contributed by atoms with van der Waals surface area (Å²) in [5.41, 5.74) is 4.66. The topological polar surface area (TPSA) is 96.0 Å². The number of rotatable bonds is 7. The minimum absolute atomic E-state index is 0.326. The smallest absolute Gasteiger partial charge is 0.249 e. The first-order chi connectivity index (χ1) is 16.4. The van der Waals surface area contributed by atoms with E-state index in [1.807, 2.05) is 38.1 Å². The molecule has 0 aliphatic carbocycles. The molecule has 0 spiro atoms. The molecule has 0 radical (unpaired) electrons. The number of fused-ring (bicyclic) bond motifs is 1. The Morgan fingerprint density at radius 3 is 2.47 bits per heavy atom. The van der Waals surface area contributed by atoms with Gasteiger partial charge >= 0.3 is 0 Å². The Morgan fingerprint density at radius 1 is 1.03 bits per heavy atom. The number of anilines is 1. The van der Waals surface area contributed by atoms with Gasteiger partial charge in [-0.1, -0.05) is 5.16 Å². The van der Waals surface area contributed by atoms with Crippen LogP contribution in [-0.4, -0.2) is 32.4 Å². The van der Waals surface area contributed by atoms with Gasteiger partial charge in [0, 0.05) is 39.8 Å². The number of aryl methyl sites for hydroxylation is 2. The first-order valence-electron chi connectivity index (χ1n) is 10.6. The summed E-state index contributed by atoms with van der Waals surface area (Å²) >= 11 is 0. The number of amides is 1. The normalized spacial score (nSPS) is 11.5. The quantitative estimate of drug-likeness (QED) is 0.348. The number of allylic oxidation sites excluding steroid dienone is 1. The first-order valence-corrected chi connectivity index (χ1v) is 10.6. The van der Waals surface area contributed by atoms with Gasteiger partial charge in [-0.2, -0.15) is 0 Å². The lowest BCUT2D eigenvalue weighted by molar-refractivity contribution is -0.111. The van der Waals surface area contributed by atoms with Crippen LogP contribution in [0.3, 0.4) is 0 Å². The van der Waals surface area contributed by atoms with Gasteiger partial charge in [0.2, 0.25) is 5.91 Å². The maximum absolute atomic E-state index is 12.6. The van der Waals surface area contributed by atoms with Gasteiger partial charge in [0.05, 0.1) is 27.6 Å². The van der Waals surface area contributed by atoms with Crippen molar-refractivity contribution >= 4 is 28.3 Å². The monoisotopic (exact) mass is 462 g/mol. The highest BCUT2D eigenvalue weighted by Gasteiger charge is 2.21. The van der Waals surface area contributed by atoms with Crippen LogP contribution in [0, 0.1) is 13.8 Å². The van der Waals surface area contributed by atoms with Crippen molar-refractivity contribution in [2.24, 2.45) is 0 Å². The number of methoxy groups -OCH3 is 3. The summed E-state index contributed by atoms with van der Waals surface area (Å²) in [6, 6.07) is 9.20. The largest absolute Gasteiger partial charge is 0.497 e. The molecule has 0 aliphatic rings. The van der Waals surface area contributed by atoms with Crippen molar-refractivity contribution in [2.75, 3.05) is 26.6 Å². The molecule has 1 N–H and O–H groups in total. The maximum Gasteiger partial charge on any atom is 0.249 e. The predicted molar refractivity (Wildman–Crippen MR) is 130 cm³/mol. The lowest BCUT2D eigenvalue weighted by Gasteiger charge is -2.14. The van der Waals surface area contributed by atoms with Crippen LogP contribution >= 0.6 is 0 Å². The summed E-state index contributed by atoms with van der Waals surface area (Å²) in [6.07, 6.45) is 3.19. The molecule has 0 saturated heterocycles. The molecular weight excluding hydrogens is 436 g/mol. The van der Waals surface area contributed by atoms with Crippen LogP contribution < -0.4 is 19.5 Å². The van der Waals surface area contributed by atoms with Gasteiger partial charge in [-0.25, -0.2) is 0 Å². The summed E-state index contributed by atoms with van der Waals surface area (Å²) in [4.78, 5) is 12.6. The third-order valence-corrected chi connectivity index (χ3v) is 5.60. The Bertz CT molecular complexity index is 1400. The van der Waals surface area contributed by atoms with E-state index < -0.39 is 0 Å². The van der Waals surface area contributed by atoms with Gasteiger partial charge in [-0.15, -0.1) is 0 Å². The number of hydrogen-bond donors (Lipinski definition) is 1. The zero-order chi connectivity index (χ0) is 24.4. The van der Waals surface area contributed by atoms with E-state index in [4.69, 9.17) is 23.2 Å². The zero-order valence-corrected chi connectivity index (χ0v) is 19.9. The Labute approximate surface area is 197 Å². The number of hydrogen-bond acceptors (Lipinski definition) is 7. The van der Waals surface area contributed by atoms with Crippen LogP contribution in [0.5, 0.6) is 17.2 Å². The van der Waals surface area contributed by atoms with E-state index in [1.165, 1.54) is 6.08 Å². The molecule has 0 bridgehead atoms. The van der Waals surface area contributed by atoms with Crippen LogP contribution in [0.2, 0.25) is 0 Å². The molecule has 2 heterocycles. The van der Waals surface area contributed by atoms with Crippen LogP contribution in [-0.2, 0) is 4.79 Å². The van der Waals surface area contributed by atoms with E-state index in [-0.39, 0.29) is 5.91 Å². The summed E-state index contributed by atoms with van der Waals surface area (Å²) in [5.74, 6) is 2.66. The van der Waals surface area contributed by atoms with Gasteiger partial charge in [0.25, 0.3) is 0 Å². The molecule has 8 nitrogen and oxygen atoms in total. The minimum atomic E-state index is -0.326. The second-order valence-corrected chi connectivity index (χ2v) is 7.81. The Morgan fingerprint density at radius 2 is 1.82 bits per heavy atom. The number of nitrogens with zero attached hydrogens (tertiary/aromatic N) is 1. The number of aromatic nitrogens is 1. The third kappa shape index (κ3) is 4.22. The second kappa shape index (κ2) is 9.35. The number of ether oxygens (including phenoxy) is 3. The lowest BCUT2D eigenvalue weighted by atomic mass is 9.96. The minimum Gasteiger partial charge on any atom is -0.497 e. The molecule has 4 rings (SSSR count). The SMILES string of the molecule is COc1ccc(OC)c(-c2coc3c(C)c(OC)c(/C(C)=C/C(=O)Nc4cc(C)on4)cc23)c1. The highest BCUT2D eigenvalue weighted by Crippen LogP contribution is 2.43. The lowest BCUT2D eigenvalue weighted by Crippen LogP contribution is -2.09. The van der Waals surface area contributed by atoms with Crippen molar-refractivity contribution in [3.8, 4) is 28.4 Å². The molecule has 8 heteroatoms. The molecule has 2 aromatic heterocycles. The van der Waals surface area contributed by atoms with Gasteiger partial charge in [-0.05, 0) is 50.6 Å². The standard InChI is InChI=1S/C26H26N2O6/c1-14(9-24(29)27-23-10-15(2)34-28-23)18-12-20-21(13-33-26(20)16(3)25(18)32-6)19-11-17(30-4)7-8-22(19)31-5/h7-13H,1-6H3,(H,27,28,29)/b14-9+. The molecule has 0 aliphatic heterocycles. The summed E-state index contributed by atoms with van der Waals surface area (Å²) < 4.78 is 27.6. The maximum atomic E-state index is 12.6. The summed E-state index contributed by atoms with van der Waals surface area (Å²) in [7, 11) is 4.83. The van der Waals surface area contributed by atoms with Crippen molar-refractivity contribution < 1.29 is 27.9 Å². The Balaban J connectivity index is 1.83. The number of carbonyl (C=O) groups is 1. The number of furan rings is 1. The molecule has 4 aromatic rings. The Hall–Kier alpha value is -4.20. The van der Waals surface area contributed by atoms with Crippen molar-refractivity contribution in [3.05, 3.63) is 59.6 Å². The van der Waals surface area contributed by atoms with Crippen molar-refractivity contribution in [3.63, 3.8) is 0 Å². The Kier molecular flexibility index (Phi) is 6.32. The van der Waals surface area contributed by atoms with Crippen molar-refractivity contribution in [2.45, 2.75) is 20.8 Å². The molecule has 34 heavy (non-hydrogen) atoms. The van der Waals surface area contributed by atoms with E-state index in [0.717, 1.165) is 27.6 Å². The average Bonchev–Trinajstić information content (AvgIpc) is 3.44. The predicted octanol–water partition coefficient (Wildman–Crippen LogP) is 5.77. The van der Waals surface area contributed by atoms with E-state index in [1.54, 1.807) is 40.6 Å². The second-order valence-electron chi connectivity index (χ2n) is 7.81. The van der Waals surface area contributed by atoms with Crippen LogP contribution in [0.1, 0.15) is 23.8 Å². The van der Waals surface area contributed by atoms with E-state index in [9.17, 15) is 4.79 Å². The number of carbonyl (C=O) groups excluding carboxylic acids is 1. The van der Waals surface area contributed by atoms with E-state index in [0.29, 0.717) is 40.0 Å². The van der Waals surface area contributed by atoms with Gasteiger partial charge in [0.1, 0.15) is 28.6 Å². The van der Waals surface area contributed by atoms with Crippen LogP contribution in [0.4, 0.5) is 5.82 Å². The summed E-state index contributed by atoms with van der Waals surface area (Å²) in [6.45, 7) is 5.53. The molecule has 176 valence electrons.